The number of hydrogen-bond acceptors (Lipinski definition) is 1. The third-order valence-electron chi connectivity index (χ3n) is 2.54. The summed E-state index contributed by atoms with van der Waals surface area (Å²) in [6.07, 6.45) is 0. The molecule has 0 bridgehead atoms. The first-order chi connectivity index (χ1) is 8.91. The number of halogens is 4. The molecule has 2 aromatic carbocycles. The number of carbonyl (C=O) groups is 1. The number of benzene rings is 2. The van der Waals surface area contributed by atoms with E-state index in [9.17, 15) is 13.6 Å². The van der Waals surface area contributed by atoms with E-state index in [1.54, 1.807) is 0 Å². The summed E-state index contributed by atoms with van der Waals surface area (Å²) >= 11 is 8.78. The first-order valence-electron chi connectivity index (χ1n) is 5.08. The van der Waals surface area contributed by atoms with Crippen LogP contribution in [0.3, 0.4) is 0 Å². The van der Waals surface area contributed by atoms with Crippen molar-refractivity contribution in [3.05, 3.63) is 57.0 Å². The van der Waals surface area contributed by atoms with Gasteiger partial charge >= 0.3 is 5.97 Å². The van der Waals surface area contributed by atoms with Crippen molar-refractivity contribution >= 4 is 33.5 Å². The van der Waals surface area contributed by atoms with E-state index in [2.05, 4.69) is 15.9 Å². The molecule has 0 saturated carbocycles. The molecular weight excluding hydrogens is 341 g/mol. The molecule has 19 heavy (non-hydrogen) atoms. The zero-order chi connectivity index (χ0) is 14.2. The third-order valence-corrected chi connectivity index (χ3v) is 3.80. The second-order valence-corrected chi connectivity index (χ2v) is 4.95. The maximum atomic E-state index is 14.0. The third kappa shape index (κ3) is 2.62. The number of carboxylic acids is 1. The fraction of sp³-hybridized carbons (Fsp3) is 0. The maximum absolute atomic E-state index is 14.0. The topological polar surface area (TPSA) is 37.3 Å². The standard InChI is InChI=1S/C13H6BrClF2O2/c14-9-3-2-7(12(17)11(9)15)8-5-6(13(18)19)1-4-10(8)16/h1-5H,(H,18,19). The molecule has 0 aliphatic heterocycles. The molecule has 0 amide bonds. The molecule has 0 heterocycles. The smallest absolute Gasteiger partial charge is 0.335 e. The summed E-state index contributed by atoms with van der Waals surface area (Å²) in [5.41, 5.74) is -0.365. The fourth-order valence-corrected chi connectivity index (χ4v) is 2.07. The van der Waals surface area contributed by atoms with Gasteiger partial charge < -0.3 is 5.11 Å². The van der Waals surface area contributed by atoms with Gasteiger partial charge in [-0.15, -0.1) is 0 Å². The molecule has 98 valence electrons. The van der Waals surface area contributed by atoms with Crippen LogP contribution in [0.2, 0.25) is 5.02 Å². The van der Waals surface area contributed by atoms with Crippen LogP contribution in [0.1, 0.15) is 10.4 Å². The van der Waals surface area contributed by atoms with Gasteiger partial charge in [-0.3, -0.25) is 0 Å². The zero-order valence-corrected chi connectivity index (χ0v) is 11.6. The molecule has 2 nitrogen and oxygen atoms in total. The number of rotatable bonds is 2. The molecule has 0 unspecified atom stereocenters. The van der Waals surface area contributed by atoms with Crippen LogP contribution in [0.5, 0.6) is 0 Å². The van der Waals surface area contributed by atoms with Crippen LogP contribution in [-0.2, 0) is 0 Å². The van der Waals surface area contributed by atoms with E-state index in [0.717, 1.165) is 18.2 Å². The lowest BCUT2D eigenvalue weighted by atomic mass is 10.0. The Bertz CT molecular complexity index is 674. The number of hydrogen-bond donors (Lipinski definition) is 1. The Morgan fingerprint density at radius 3 is 2.47 bits per heavy atom. The fourth-order valence-electron chi connectivity index (χ4n) is 1.60. The largest absolute Gasteiger partial charge is 0.478 e. The summed E-state index contributed by atoms with van der Waals surface area (Å²) in [6, 6.07) is 5.96. The van der Waals surface area contributed by atoms with Gasteiger partial charge in [-0.2, -0.15) is 0 Å². The molecule has 0 saturated heterocycles. The molecule has 2 rings (SSSR count). The van der Waals surface area contributed by atoms with Crippen LogP contribution in [0.15, 0.2) is 34.8 Å². The normalized spacial score (nSPS) is 10.5. The predicted octanol–water partition coefficient (Wildman–Crippen LogP) is 4.75. The highest BCUT2D eigenvalue weighted by Crippen LogP contribution is 2.34. The van der Waals surface area contributed by atoms with Gasteiger partial charge in [-0.1, -0.05) is 17.7 Å². The van der Waals surface area contributed by atoms with Crippen LogP contribution >= 0.6 is 27.5 Å². The SMILES string of the molecule is O=C(O)c1ccc(F)c(-c2ccc(Br)c(Cl)c2F)c1. The second-order valence-electron chi connectivity index (χ2n) is 3.72. The van der Waals surface area contributed by atoms with Gasteiger partial charge in [0.05, 0.1) is 10.6 Å². The average Bonchev–Trinajstić information content (AvgIpc) is 2.37. The molecule has 0 aliphatic carbocycles. The van der Waals surface area contributed by atoms with Crippen LogP contribution in [0.25, 0.3) is 11.1 Å². The van der Waals surface area contributed by atoms with Crippen molar-refractivity contribution < 1.29 is 18.7 Å². The van der Waals surface area contributed by atoms with E-state index in [0.29, 0.717) is 4.47 Å². The quantitative estimate of drug-likeness (QED) is 0.796. The van der Waals surface area contributed by atoms with Gasteiger partial charge in [0.15, 0.2) is 5.82 Å². The highest BCUT2D eigenvalue weighted by Gasteiger charge is 2.16. The van der Waals surface area contributed by atoms with Crippen LogP contribution in [-0.4, -0.2) is 11.1 Å². The molecule has 2 aromatic rings. The van der Waals surface area contributed by atoms with Crippen LogP contribution < -0.4 is 0 Å². The molecule has 1 N–H and O–H groups in total. The van der Waals surface area contributed by atoms with Crippen molar-refractivity contribution in [1.82, 2.24) is 0 Å². The molecule has 0 fully saturated rings. The predicted molar refractivity (Wildman–Crippen MR) is 71.5 cm³/mol. The summed E-state index contributed by atoms with van der Waals surface area (Å²) < 4.78 is 28.0. The highest BCUT2D eigenvalue weighted by molar-refractivity contribution is 9.10. The van der Waals surface area contributed by atoms with Crippen molar-refractivity contribution in [2.75, 3.05) is 0 Å². The van der Waals surface area contributed by atoms with Gasteiger partial charge in [-0.25, -0.2) is 13.6 Å². The molecule has 0 aromatic heterocycles. The monoisotopic (exact) mass is 346 g/mol. The minimum Gasteiger partial charge on any atom is -0.478 e. The lowest BCUT2D eigenvalue weighted by Gasteiger charge is -2.08. The van der Waals surface area contributed by atoms with E-state index in [1.165, 1.54) is 12.1 Å². The Morgan fingerprint density at radius 1 is 1.16 bits per heavy atom. The van der Waals surface area contributed by atoms with E-state index in [4.69, 9.17) is 16.7 Å². The minimum absolute atomic E-state index is 0.0891. The summed E-state index contributed by atoms with van der Waals surface area (Å²) in [5, 5.41) is 8.68. The van der Waals surface area contributed by atoms with E-state index >= 15 is 0 Å². The van der Waals surface area contributed by atoms with E-state index in [-0.39, 0.29) is 21.7 Å². The number of aromatic carboxylic acids is 1. The van der Waals surface area contributed by atoms with Crippen LogP contribution in [0, 0.1) is 11.6 Å². The van der Waals surface area contributed by atoms with Crippen molar-refractivity contribution in [2.24, 2.45) is 0 Å². The Hall–Kier alpha value is -1.46. The molecule has 0 spiro atoms. The summed E-state index contributed by atoms with van der Waals surface area (Å²) in [5.74, 6) is -2.75. The molecular formula is C13H6BrClF2O2. The second kappa shape index (κ2) is 5.27. The molecule has 0 atom stereocenters. The van der Waals surface area contributed by atoms with Gasteiger partial charge in [0.2, 0.25) is 0 Å². The van der Waals surface area contributed by atoms with Gasteiger partial charge in [0.1, 0.15) is 5.82 Å². The Balaban J connectivity index is 2.68. The highest BCUT2D eigenvalue weighted by atomic mass is 79.9. The van der Waals surface area contributed by atoms with Crippen LogP contribution in [0.4, 0.5) is 8.78 Å². The summed E-state index contributed by atoms with van der Waals surface area (Å²) in [6.45, 7) is 0. The lowest BCUT2D eigenvalue weighted by Crippen LogP contribution is -1.98. The van der Waals surface area contributed by atoms with E-state index < -0.39 is 17.6 Å². The molecule has 0 aliphatic rings. The summed E-state index contributed by atoms with van der Waals surface area (Å²) in [7, 11) is 0. The maximum Gasteiger partial charge on any atom is 0.335 e. The van der Waals surface area contributed by atoms with E-state index in [1.807, 2.05) is 0 Å². The summed E-state index contributed by atoms with van der Waals surface area (Å²) in [4.78, 5) is 10.9. The number of carboxylic acid groups (broad SMARTS) is 1. The van der Waals surface area contributed by atoms with Crippen molar-refractivity contribution in [2.45, 2.75) is 0 Å². The van der Waals surface area contributed by atoms with Gasteiger partial charge in [0.25, 0.3) is 0 Å². The average molecular weight is 348 g/mol. The Morgan fingerprint density at radius 2 is 1.84 bits per heavy atom. The van der Waals surface area contributed by atoms with Gasteiger partial charge in [-0.05, 0) is 40.2 Å². The first-order valence-corrected chi connectivity index (χ1v) is 6.25. The van der Waals surface area contributed by atoms with Crippen molar-refractivity contribution in [3.63, 3.8) is 0 Å². The van der Waals surface area contributed by atoms with Gasteiger partial charge in [0, 0.05) is 15.6 Å². The minimum atomic E-state index is -1.22. The molecule has 0 radical (unpaired) electrons. The lowest BCUT2D eigenvalue weighted by molar-refractivity contribution is 0.0697. The Kier molecular flexibility index (Phi) is 3.87. The van der Waals surface area contributed by atoms with Crippen molar-refractivity contribution in [3.8, 4) is 11.1 Å². The Labute approximate surface area is 120 Å². The van der Waals surface area contributed by atoms with Crippen molar-refractivity contribution in [1.29, 1.82) is 0 Å². The first kappa shape index (κ1) is 14.0. The zero-order valence-electron chi connectivity index (χ0n) is 9.25. The molecule has 6 heteroatoms.